The molecule has 0 saturated heterocycles. The molecule has 2 aromatic carbocycles. The molecular weight excluding hydrogens is 350 g/mol. The summed E-state index contributed by atoms with van der Waals surface area (Å²) < 4.78 is 11.5. The highest BCUT2D eigenvalue weighted by Gasteiger charge is 2.19. The molecule has 2 rings (SSSR count). The Morgan fingerprint density at radius 1 is 1.00 bits per heavy atom. The summed E-state index contributed by atoms with van der Waals surface area (Å²) in [4.78, 5) is 12.1. The molecule has 0 aromatic heterocycles. The van der Waals surface area contributed by atoms with Crippen molar-refractivity contribution in [2.75, 3.05) is 19.8 Å². The molecule has 4 nitrogen and oxygen atoms in total. The van der Waals surface area contributed by atoms with Gasteiger partial charge in [-0.3, -0.25) is 4.79 Å². The van der Waals surface area contributed by atoms with Gasteiger partial charge in [0.1, 0.15) is 17.1 Å². The molecule has 0 aliphatic rings. The number of nitrogens with one attached hydrogen (secondary N) is 1. The number of carbonyl (C=O) groups is 1. The number of aryl methyl sites for hydroxylation is 1. The van der Waals surface area contributed by atoms with E-state index in [1.807, 2.05) is 26.0 Å². The molecule has 0 saturated carbocycles. The number of unbranched alkanes of at least 4 members (excludes halogenated alkanes) is 1. The van der Waals surface area contributed by atoms with Crippen molar-refractivity contribution in [2.45, 2.75) is 53.0 Å². The molecule has 0 unspecified atom stereocenters. The topological polar surface area (TPSA) is 47.6 Å². The van der Waals surface area contributed by atoms with Crippen molar-refractivity contribution < 1.29 is 14.3 Å². The maximum absolute atomic E-state index is 12.1. The summed E-state index contributed by atoms with van der Waals surface area (Å²) in [6.07, 6.45) is 3.37. The van der Waals surface area contributed by atoms with Crippen LogP contribution in [0.4, 0.5) is 0 Å². The van der Waals surface area contributed by atoms with Gasteiger partial charge in [-0.2, -0.15) is 0 Å². The van der Waals surface area contributed by atoms with Gasteiger partial charge in [0.05, 0.1) is 13.2 Å². The average molecular weight is 384 g/mol. The van der Waals surface area contributed by atoms with E-state index < -0.39 is 0 Å². The average Bonchev–Trinajstić information content (AvgIpc) is 2.68. The van der Waals surface area contributed by atoms with Crippen molar-refractivity contribution in [1.29, 1.82) is 0 Å². The van der Waals surface area contributed by atoms with Crippen LogP contribution in [-0.2, 0) is 6.42 Å². The third-order valence-electron chi connectivity index (χ3n) is 4.73. The molecule has 2 aromatic rings. The lowest BCUT2D eigenvalue weighted by atomic mass is 10.0. The molecule has 0 heterocycles. The van der Waals surface area contributed by atoms with E-state index in [0.717, 1.165) is 31.4 Å². The molecule has 0 fully saturated rings. The smallest absolute Gasteiger partial charge is 0.167 e. The van der Waals surface area contributed by atoms with Crippen molar-refractivity contribution in [2.24, 2.45) is 0 Å². The van der Waals surface area contributed by atoms with Crippen LogP contribution in [0.15, 0.2) is 42.5 Å². The number of hydrogen-bond donors (Lipinski definition) is 1. The Labute approximate surface area is 169 Å². The summed E-state index contributed by atoms with van der Waals surface area (Å²) in [5.74, 6) is 1.17. The highest BCUT2D eigenvalue weighted by molar-refractivity contribution is 5.99. The van der Waals surface area contributed by atoms with Gasteiger partial charge in [0.25, 0.3) is 0 Å². The number of carbonyl (C=O) groups excluding carboxylic acids is 1. The Morgan fingerprint density at radius 2 is 1.61 bits per heavy atom. The number of ether oxygens (including phenoxy) is 2. The molecule has 1 atom stereocenters. The number of rotatable bonds is 12. The first kappa shape index (κ1) is 22.0. The number of ketones is 1. The SMILES string of the molecule is CCOc1cc([C@@H](C)NCCCCc2ccccc2)cc(OCC)c1C(C)=O. The lowest BCUT2D eigenvalue weighted by Gasteiger charge is -2.20. The molecule has 0 radical (unpaired) electrons. The van der Waals surface area contributed by atoms with E-state index in [-0.39, 0.29) is 11.8 Å². The second-order valence-electron chi connectivity index (χ2n) is 6.93. The van der Waals surface area contributed by atoms with Gasteiger partial charge in [0.15, 0.2) is 5.78 Å². The predicted molar refractivity (Wildman–Crippen MR) is 115 cm³/mol. The van der Waals surface area contributed by atoms with E-state index >= 15 is 0 Å². The van der Waals surface area contributed by atoms with Gasteiger partial charge in [-0.15, -0.1) is 0 Å². The van der Waals surface area contributed by atoms with Gasteiger partial charge in [0.2, 0.25) is 0 Å². The predicted octanol–water partition coefficient (Wildman–Crippen LogP) is 5.36. The van der Waals surface area contributed by atoms with Crippen LogP contribution in [0, 0.1) is 0 Å². The lowest BCUT2D eigenvalue weighted by Crippen LogP contribution is -2.20. The van der Waals surface area contributed by atoms with E-state index in [9.17, 15) is 4.79 Å². The minimum absolute atomic E-state index is 0.0417. The van der Waals surface area contributed by atoms with E-state index in [4.69, 9.17) is 9.47 Å². The minimum Gasteiger partial charge on any atom is -0.493 e. The van der Waals surface area contributed by atoms with Crippen molar-refractivity contribution in [1.82, 2.24) is 5.32 Å². The molecule has 1 N–H and O–H groups in total. The first-order valence-corrected chi connectivity index (χ1v) is 10.3. The van der Waals surface area contributed by atoms with Gasteiger partial charge in [-0.1, -0.05) is 30.3 Å². The highest BCUT2D eigenvalue weighted by Crippen LogP contribution is 2.33. The van der Waals surface area contributed by atoms with E-state index in [2.05, 4.69) is 42.6 Å². The molecule has 0 amide bonds. The van der Waals surface area contributed by atoms with Crippen LogP contribution in [0.3, 0.4) is 0 Å². The van der Waals surface area contributed by atoms with E-state index in [0.29, 0.717) is 30.3 Å². The van der Waals surface area contributed by atoms with Gasteiger partial charge in [-0.25, -0.2) is 0 Å². The number of benzene rings is 2. The maximum atomic E-state index is 12.1. The Balaban J connectivity index is 1.99. The normalized spacial score (nSPS) is 11.9. The summed E-state index contributed by atoms with van der Waals surface area (Å²) in [5.41, 5.74) is 2.99. The Hall–Kier alpha value is -2.33. The van der Waals surface area contributed by atoms with Crippen LogP contribution >= 0.6 is 0 Å². The van der Waals surface area contributed by atoms with Crippen LogP contribution in [0.25, 0.3) is 0 Å². The van der Waals surface area contributed by atoms with Crippen molar-refractivity contribution in [3.63, 3.8) is 0 Å². The molecular formula is C24H33NO3. The first-order chi connectivity index (χ1) is 13.6. The zero-order chi connectivity index (χ0) is 20.4. The summed E-state index contributed by atoms with van der Waals surface area (Å²) >= 11 is 0. The van der Waals surface area contributed by atoms with Crippen LogP contribution in [0.1, 0.15) is 68.1 Å². The third-order valence-corrected chi connectivity index (χ3v) is 4.73. The zero-order valence-electron chi connectivity index (χ0n) is 17.6. The molecule has 0 aliphatic carbocycles. The minimum atomic E-state index is -0.0417. The summed E-state index contributed by atoms with van der Waals surface area (Å²) in [6.45, 7) is 9.49. The van der Waals surface area contributed by atoms with Crippen LogP contribution in [0.5, 0.6) is 11.5 Å². The monoisotopic (exact) mass is 383 g/mol. The summed E-state index contributed by atoms with van der Waals surface area (Å²) in [5, 5.41) is 3.58. The second-order valence-corrected chi connectivity index (χ2v) is 6.93. The van der Waals surface area contributed by atoms with Crippen LogP contribution < -0.4 is 14.8 Å². The molecule has 0 bridgehead atoms. The third kappa shape index (κ3) is 6.38. The second kappa shape index (κ2) is 11.5. The fourth-order valence-electron chi connectivity index (χ4n) is 3.28. The lowest BCUT2D eigenvalue weighted by molar-refractivity contribution is 0.101. The summed E-state index contributed by atoms with van der Waals surface area (Å²) in [6, 6.07) is 14.7. The van der Waals surface area contributed by atoms with E-state index in [1.165, 1.54) is 5.56 Å². The number of Topliss-reactive ketones (excluding diaryl/α,β-unsaturated/α-hetero) is 1. The molecule has 0 spiro atoms. The standard InChI is InChI=1S/C24H33NO3/c1-5-27-22-16-21(17-23(28-6-2)24(22)19(4)26)18(3)25-15-11-10-14-20-12-8-7-9-13-20/h7-9,12-13,16-18,25H,5-6,10-11,14-15H2,1-4H3/t18-/m1/s1. The maximum Gasteiger partial charge on any atom is 0.167 e. The molecule has 28 heavy (non-hydrogen) atoms. The van der Waals surface area contributed by atoms with Crippen LogP contribution in [0.2, 0.25) is 0 Å². The first-order valence-electron chi connectivity index (χ1n) is 10.3. The van der Waals surface area contributed by atoms with Crippen molar-refractivity contribution in [3.8, 4) is 11.5 Å². The van der Waals surface area contributed by atoms with E-state index in [1.54, 1.807) is 6.92 Å². The largest absolute Gasteiger partial charge is 0.493 e. The fourth-order valence-corrected chi connectivity index (χ4v) is 3.28. The van der Waals surface area contributed by atoms with Gasteiger partial charge in [-0.05, 0) is 76.8 Å². The molecule has 0 aliphatic heterocycles. The number of hydrogen-bond acceptors (Lipinski definition) is 4. The van der Waals surface area contributed by atoms with Gasteiger partial charge >= 0.3 is 0 Å². The Bertz CT molecular complexity index is 716. The van der Waals surface area contributed by atoms with Crippen molar-refractivity contribution in [3.05, 3.63) is 59.2 Å². The zero-order valence-corrected chi connectivity index (χ0v) is 17.6. The van der Waals surface area contributed by atoms with Gasteiger partial charge in [0, 0.05) is 6.04 Å². The Morgan fingerprint density at radius 3 is 2.14 bits per heavy atom. The summed E-state index contributed by atoms with van der Waals surface area (Å²) in [7, 11) is 0. The van der Waals surface area contributed by atoms with Crippen molar-refractivity contribution >= 4 is 5.78 Å². The highest BCUT2D eigenvalue weighted by atomic mass is 16.5. The fraction of sp³-hybridized carbons (Fsp3) is 0.458. The Kier molecular flexibility index (Phi) is 9.02. The quantitative estimate of drug-likeness (QED) is 0.396. The molecule has 4 heteroatoms. The van der Waals surface area contributed by atoms with Crippen LogP contribution in [-0.4, -0.2) is 25.5 Å². The van der Waals surface area contributed by atoms with Gasteiger partial charge < -0.3 is 14.8 Å². The molecule has 152 valence electrons.